The quantitative estimate of drug-likeness (QED) is 0.511. The van der Waals surface area contributed by atoms with Crippen LogP contribution in [0.15, 0.2) is 12.1 Å². The van der Waals surface area contributed by atoms with Gasteiger partial charge in [0.15, 0.2) is 0 Å². The molecule has 74 valence electrons. The van der Waals surface area contributed by atoms with E-state index in [2.05, 4.69) is 0 Å². The van der Waals surface area contributed by atoms with Crippen molar-refractivity contribution in [1.29, 1.82) is 0 Å². The third kappa shape index (κ3) is 1.84. The van der Waals surface area contributed by atoms with Gasteiger partial charge in [-0.15, -0.1) is 0 Å². The topological polar surface area (TPSA) is 86.2 Å². The first-order valence-corrected chi connectivity index (χ1v) is 4.76. The Morgan fingerprint density at radius 2 is 2.14 bits per heavy atom. The first-order chi connectivity index (χ1) is 6.45. The van der Waals surface area contributed by atoms with Crippen LogP contribution in [0.3, 0.4) is 0 Å². The van der Waals surface area contributed by atoms with Crippen molar-refractivity contribution in [2.24, 2.45) is 5.73 Å². The van der Waals surface area contributed by atoms with Gasteiger partial charge in [-0.1, -0.05) is 6.07 Å². The molecular formula is C8H7IN2O3. The number of nitrogens with two attached hydrogens (primary N) is 1. The molecule has 5 nitrogen and oxygen atoms in total. The Kier molecular flexibility index (Phi) is 3.04. The van der Waals surface area contributed by atoms with Gasteiger partial charge in [0.25, 0.3) is 11.6 Å². The van der Waals surface area contributed by atoms with Crippen LogP contribution < -0.4 is 5.73 Å². The SMILES string of the molecule is Cc1ccc(I)c([N+](=O)[O-])c1C(N)=O. The van der Waals surface area contributed by atoms with Gasteiger partial charge in [0, 0.05) is 0 Å². The lowest BCUT2D eigenvalue weighted by Gasteiger charge is -2.03. The zero-order valence-corrected chi connectivity index (χ0v) is 9.44. The molecule has 0 aliphatic carbocycles. The van der Waals surface area contributed by atoms with Crippen molar-refractivity contribution < 1.29 is 9.72 Å². The Morgan fingerprint density at radius 3 is 2.50 bits per heavy atom. The lowest BCUT2D eigenvalue weighted by atomic mass is 10.1. The number of aryl methyl sites for hydroxylation is 1. The number of benzene rings is 1. The van der Waals surface area contributed by atoms with E-state index < -0.39 is 10.8 Å². The van der Waals surface area contributed by atoms with E-state index in [1.54, 1.807) is 41.6 Å². The predicted octanol–water partition coefficient (Wildman–Crippen LogP) is 1.61. The summed E-state index contributed by atoms with van der Waals surface area (Å²) in [5.41, 5.74) is 5.37. The van der Waals surface area contributed by atoms with E-state index in [0.29, 0.717) is 9.13 Å². The number of carbonyl (C=O) groups excluding carboxylic acids is 1. The summed E-state index contributed by atoms with van der Waals surface area (Å²) in [7, 11) is 0. The van der Waals surface area contributed by atoms with Crippen molar-refractivity contribution in [2.75, 3.05) is 0 Å². The number of hydrogen-bond donors (Lipinski definition) is 1. The van der Waals surface area contributed by atoms with Crippen LogP contribution in [0.1, 0.15) is 15.9 Å². The highest BCUT2D eigenvalue weighted by atomic mass is 127. The summed E-state index contributed by atoms with van der Waals surface area (Å²) in [5, 5.41) is 10.7. The summed E-state index contributed by atoms with van der Waals surface area (Å²) in [6.07, 6.45) is 0. The number of nitro groups is 1. The van der Waals surface area contributed by atoms with E-state index in [4.69, 9.17) is 5.73 Å². The van der Waals surface area contributed by atoms with Crippen molar-refractivity contribution >= 4 is 34.2 Å². The molecule has 0 radical (unpaired) electrons. The summed E-state index contributed by atoms with van der Waals surface area (Å²) in [4.78, 5) is 21.1. The Bertz CT molecular complexity index is 378. The summed E-state index contributed by atoms with van der Waals surface area (Å²) < 4.78 is 0.409. The molecular weight excluding hydrogens is 299 g/mol. The standard InChI is InChI=1S/C8H7IN2O3/c1-4-2-3-5(9)7(11(13)14)6(4)8(10)12/h2-3H,1H3,(H2,10,12). The molecule has 2 N–H and O–H groups in total. The lowest BCUT2D eigenvalue weighted by Crippen LogP contribution is -2.15. The number of primary amides is 1. The van der Waals surface area contributed by atoms with E-state index >= 15 is 0 Å². The summed E-state index contributed by atoms with van der Waals surface area (Å²) in [6, 6.07) is 3.22. The van der Waals surface area contributed by atoms with Crippen LogP contribution in [0.4, 0.5) is 5.69 Å². The molecule has 0 aliphatic rings. The average molecular weight is 306 g/mol. The minimum Gasteiger partial charge on any atom is -0.365 e. The molecule has 0 bridgehead atoms. The fourth-order valence-corrected chi connectivity index (χ4v) is 1.80. The van der Waals surface area contributed by atoms with Gasteiger partial charge in [-0.25, -0.2) is 0 Å². The van der Waals surface area contributed by atoms with E-state index in [-0.39, 0.29) is 11.3 Å². The second-order valence-electron chi connectivity index (χ2n) is 2.71. The van der Waals surface area contributed by atoms with Crippen LogP contribution >= 0.6 is 22.6 Å². The molecule has 0 aliphatic heterocycles. The van der Waals surface area contributed by atoms with Crippen molar-refractivity contribution in [1.82, 2.24) is 0 Å². The molecule has 0 atom stereocenters. The maximum Gasteiger partial charge on any atom is 0.295 e. The minimum atomic E-state index is -0.771. The van der Waals surface area contributed by atoms with Gasteiger partial charge in [0.1, 0.15) is 5.56 Å². The average Bonchev–Trinajstić information content (AvgIpc) is 2.07. The predicted molar refractivity (Wildman–Crippen MR) is 59.1 cm³/mol. The number of halogens is 1. The van der Waals surface area contributed by atoms with Gasteiger partial charge in [-0.05, 0) is 41.1 Å². The molecule has 0 spiro atoms. The molecule has 1 amide bonds. The van der Waals surface area contributed by atoms with E-state index in [1.165, 1.54) is 0 Å². The first-order valence-electron chi connectivity index (χ1n) is 3.68. The van der Waals surface area contributed by atoms with Crippen LogP contribution in [0.5, 0.6) is 0 Å². The van der Waals surface area contributed by atoms with Crippen molar-refractivity contribution in [3.63, 3.8) is 0 Å². The molecule has 0 saturated carbocycles. The number of hydrogen-bond acceptors (Lipinski definition) is 3. The smallest absolute Gasteiger partial charge is 0.295 e. The molecule has 1 aromatic rings. The maximum atomic E-state index is 11.0. The first kappa shape index (κ1) is 10.9. The Hall–Kier alpha value is -1.18. The second kappa shape index (κ2) is 3.91. The van der Waals surface area contributed by atoms with Crippen LogP contribution in [-0.2, 0) is 0 Å². The molecule has 0 unspecified atom stereocenters. The summed E-state index contributed by atoms with van der Waals surface area (Å²) >= 11 is 1.80. The van der Waals surface area contributed by atoms with E-state index in [9.17, 15) is 14.9 Å². The fourth-order valence-electron chi connectivity index (χ4n) is 1.16. The summed E-state index contributed by atoms with van der Waals surface area (Å²) in [5.74, 6) is -0.771. The number of carbonyl (C=O) groups is 1. The molecule has 14 heavy (non-hydrogen) atoms. The molecule has 0 fully saturated rings. The van der Waals surface area contributed by atoms with Crippen molar-refractivity contribution in [3.05, 3.63) is 36.9 Å². The van der Waals surface area contributed by atoms with Crippen LogP contribution in [0.25, 0.3) is 0 Å². The van der Waals surface area contributed by atoms with Gasteiger partial charge >= 0.3 is 0 Å². The van der Waals surface area contributed by atoms with Gasteiger partial charge in [-0.2, -0.15) is 0 Å². The second-order valence-corrected chi connectivity index (χ2v) is 3.87. The highest BCUT2D eigenvalue weighted by Gasteiger charge is 2.23. The van der Waals surface area contributed by atoms with E-state index in [0.717, 1.165) is 0 Å². The third-order valence-corrected chi connectivity index (χ3v) is 2.64. The molecule has 1 rings (SSSR count). The fraction of sp³-hybridized carbons (Fsp3) is 0.125. The van der Waals surface area contributed by atoms with Gasteiger partial charge in [-0.3, -0.25) is 14.9 Å². The van der Waals surface area contributed by atoms with Gasteiger partial charge in [0.05, 0.1) is 8.49 Å². The molecule has 0 heterocycles. The van der Waals surface area contributed by atoms with Crippen LogP contribution in [0, 0.1) is 20.6 Å². The maximum absolute atomic E-state index is 11.0. The van der Waals surface area contributed by atoms with Gasteiger partial charge in [0.2, 0.25) is 0 Å². The van der Waals surface area contributed by atoms with Crippen molar-refractivity contribution in [2.45, 2.75) is 6.92 Å². The zero-order valence-electron chi connectivity index (χ0n) is 7.28. The highest BCUT2D eigenvalue weighted by molar-refractivity contribution is 14.1. The lowest BCUT2D eigenvalue weighted by molar-refractivity contribution is -0.386. The Morgan fingerprint density at radius 1 is 1.57 bits per heavy atom. The molecule has 0 saturated heterocycles. The number of nitrogens with zero attached hydrogens (tertiary/aromatic N) is 1. The highest BCUT2D eigenvalue weighted by Crippen LogP contribution is 2.27. The summed E-state index contributed by atoms with van der Waals surface area (Å²) in [6.45, 7) is 1.61. The normalized spacial score (nSPS) is 9.86. The van der Waals surface area contributed by atoms with Crippen LogP contribution in [0.2, 0.25) is 0 Å². The molecule has 0 aromatic heterocycles. The van der Waals surface area contributed by atoms with Gasteiger partial charge < -0.3 is 5.73 Å². The monoisotopic (exact) mass is 306 g/mol. The third-order valence-electron chi connectivity index (χ3n) is 1.77. The zero-order chi connectivity index (χ0) is 10.9. The number of amides is 1. The Labute approximate surface area is 93.6 Å². The van der Waals surface area contributed by atoms with E-state index in [1.807, 2.05) is 0 Å². The van der Waals surface area contributed by atoms with Crippen molar-refractivity contribution in [3.8, 4) is 0 Å². The minimum absolute atomic E-state index is 0.0121. The number of nitro benzene ring substituents is 1. The molecule has 1 aromatic carbocycles. The molecule has 6 heteroatoms. The Balaban J connectivity index is 3.58. The largest absolute Gasteiger partial charge is 0.365 e. The van der Waals surface area contributed by atoms with Crippen LogP contribution in [-0.4, -0.2) is 10.8 Å². The number of rotatable bonds is 2.